The first kappa shape index (κ1) is 15.6. The Kier molecular flexibility index (Phi) is 5.14. The Balaban J connectivity index is 1.87. The van der Waals surface area contributed by atoms with Gasteiger partial charge in [0.15, 0.2) is 6.61 Å². The fraction of sp³-hybridized carbons (Fsp3) is 0.176. The Morgan fingerprint density at radius 3 is 2.41 bits per heavy atom. The number of ether oxygens (including phenoxy) is 1. The van der Waals surface area contributed by atoms with Crippen molar-refractivity contribution in [2.45, 2.75) is 13.3 Å². The van der Waals surface area contributed by atoms with E-state index in [0.29, 0.717) is 11.4 Å². The molecule has 1 amide bonds. The van der Waals surface area contributed by atoms with Crippen molar-refractivity contribution in [2.24, 2.45) is 0 Å². The lowest BCUT2D eigenvalue weighted by atomic mass is 10.1. The molecule has 0 unspecified atom stereocenters. The van der Waals surface area contributed by atoms with E-state index in [4.69, 9.17) is 10.5 Å². The zero-order valence-corrected chi connectivity index (χ0v) is 12.3. The zero-order valence-electron chi connectivity index (χ0n) is 12.3. The van der Waals surface area contributed by atoms with Crippen LogP contribution in [-0.4, -0.2) is 18.5 Å². The minimum Gasteiger partial charge on any atom is -0.452 e. The van der Waals surface area contributed by atoms with Gasteiger partial charge < -0.3 is 15.8 Å². The molecule has 0 fully saturated rings. The van der Waals surface area contributed by atoms with Crippen LogP contribution in [0.25, 0.3) is 0 Å². The van der Waals surface area contributed by atoms with Gasteiger partial charge in [-0.2, -0.15) is 0 Å². The number of nitrogens with one attached hydrogen (secondary N) is 1. The minimum absolute atomic E-state index is 0.252. The second-order valence-corrected chi connectivity index (χ2v) is 4.76. The first-order valence-corrected chi connectivity index (χ1v) is 7.00. The number of esters is 1. The van der Waals surface area contributed by atoms with Gasteiger partial charge in [0.25, 0.3) is 5.91 Å². The molecule has 2 rings (SSSR count). The van der Waals surface area contributed by atoms with Gasteiger partial charge in [0.05, 0.1) is 5.56 Å². The molecule has 5 nitrogen and oxygen atoms in total. The van der Waals surface area contributed by atoms with Crippen molar-refractivity contribution >= 4 is 23.3 Å². The highest BCUT2D eigenvalue weighted by Crippen LogP contribution is 2.12. The largest absolute Gasteiger partial charge is 0.452 e. The third-order valence-corrected chi connectivity index (χ3v) is 3.16. The van der Waals surface area contributed by atoms with Crippen molar-refractivity contribution in [3.63, 3.8) is 0 Å². The monoisotopic (exact) mass is 298 g/mol. The molecule has 0 heterocycles. The summed E-state index contributed by atoms with van der Waals surface area (Å²) in [6.07, 6.45) is 0.935. The first-order chi connectivity index (χ1) is 10.6. The molecule has 0 atom stereocenters. The van der Waals surface area contributed by atoms with Crippen LogP contribution in [0.2, 0.25) is 0 Å². The molecule has 0 bridgehead atoms. The van der Waals surface area contributed by atoms with Crippen molar-refractivity contribution in [1.82, 2.24) is 0 Å². The smallest absolute Gasteiger partial charge is 0.340 e. The fourth-order valence-corrected chi connectivity index (χ4v) is 1.91. The van der Waals surface area contributed by atoms with Crippen molar-refractivity contribution in [2.75, 3.05) is 17.7 Å². The summed E-state index contributed by atoms with van der Waals surface area (Å²) >= 11 is 0. The fourth-order valence-electron chi connectivity index (χ4n) is 1.91. The highest BCUT2D eigenvalue weighted by molar-refractivity contribution is 5.98. The molecule has 3 N–H and O–H groups in total. The number of hydrogen-bond donors (Lipinski definition) is 2. The van der Waals surface area contributed by atoms with Crippen molar-refractivity contribution in [1.29, 1.82) is 0 Å². The lowest BCUT2D eigenvalue weighted by molar-refractivity contribution is -0.119. The first-order valence-electron chi connectivity index (χ1n) is 7.00. The molecule has 2 aromatic rings. The van der Waals surface area contributed by atoms with E-state index in [2.05, 4.69) is 12.2 Å². The molecular formula is C17H18N2O3. The molecule has 22 heavy (non-hydrogen) atoms. The average molecular weight is 298 g/mol. The summed E-state index contributed by atoms with van der Waals surface area (Å²) in [6, 6.07) is 14.1. The van der Waals surface area contributed by atoms with E-state index < -0.39 is 11.9 Å². The topological polar surface area (TPSA) is 81.4 Å². The summed E-state index contributed by atoms with van der Waals surface area (Å²) in [4.78, 5) is 23.6. The van der Waals surface area contributed by atoms with E-state index in [1.807, 2.05) is 24.3 Å². The standard InChI is InChI=1S/C17H18N2O3/c1-2-12-7-9-13(10-8-12)19-16(20)11-22-17(21)14-5-3-4-6-15(14)18/h3-10H,2,11,18H2,1H3,(H,19,20). The normalized spacial score (nSPS) is 10.0. The van der Waals surface area contributed by atoms with E-state index in [0.717, 1.165) is 6.42 Å². The molecular weight excluding hydrogens is 280 g/mol. The summed E-state index contributed by atoms with van der Waals surface area (Å²) in [5, 5.41) is 2.67. The van der Waals surface area contributed by atoms with Crippen LogP contribution in [0.15, 0.2) is 48.5 Å². The van der Waals surface area contributed by atoms with Crippen LogP contribution >= 0.6 is 0 Å². The number of rotatable bonds is 5. The highest BCUT2D eigenvalue weighted by atomic mass is 16.5. The van der Waals surface area contributed by atoms with Gasteiger partial charge in [0, 0.05) is 11.4 Å². The third kappa shape index (κ3) is 4.09. The average Bonchev–Trinajstić information content (AvgIpc) is 2.54. The van der Waals surface area contributed by atoms with Gasteiger partial charge in [-0.3, -0.25) is 4.79 Å². The molecule has 0 aromatic heterocycles. The number of amides is 1. The van der Waals surface area contributed by atoms with Gasteiger partial charge in [0.1, 0.15) is 0 Å². The molecule has 114 valence electrons. The number of nitrogen functional groups attached to an aromatic ring is 1. The summed E-state index contributed by atoms with van der Waals surface area (Å²) in [5.74, 6) is -1.01. The molecule has 0 spiro atoms. The van der Waals surface area contributed by atoms with Crippen molar-refractivity contribution in [3.8, 4) is 0 Å². The predicted octanol–water partition coefficient (Wildman–Crippen LogP) is 2.63. The Morgan fingerprint density at radius 1 is 1.09 bits per heavy atom. The van der Waals surface area contributed by atoms with Gasteiger partial charge in [-0.1, -0.05) is 31.2 Å². The zero-order chi connectivity index (χ0) is 15.9. The maximum Gasteiger partial charge on any atom is 0.340 e. The van der Waals surface area contributed by atoms with Crippen LogP contribution in [0.3, 0.4) is 0 Å². The lowest BCUT2D eigenvalue weighted by Crippen LogP contribution is -2.21. The van der Waals surface area contributed by atoms with E-state index in [1.165, 1.54) is 5.56 Å². The molecule has 0 saturated carbocycles. The Bertz CT molecular complexity index is 666. The molecule has 5 heteroatoms. The lowest BCUT2D eigenvalue weighted by Gasteiger charge is -2.08. The van der Waals surface area contributed by atoms with Crippen LogP contribution in [0.5, 0.6) is 0 Å². The molecule has 0 aliphatic rings. The predicted molar refractivity (Wildman–Crippen MR) is 85.6 cm³/mol. The Morgan fingerprint density at radius 2 is 1.77 bits per heavy atom. The second kappa shape index (κ2) is 7.26. The molecule has 0 aliphatic heterocycles. The van der Waals surface area contributed by atoms with Gasteiger partial charge >= 0.3 is 5.97 Å². The number of hydrogen-bond acceptors (Lipinski definition) is 4. The van der Waals surface area contributed by atoms with Gasteiger partial charge in [-0.25, -0.2) is 4.79 Å². The third-order valence-electron chi connectivity index (χ3n) is 3.16. The molecule has 0 aliphatic carbocycles. The number of anilines is 2. The van der Waals surface area contributed by atoms with E-state index in [-0.39, 0.29) is 12.2 Å². The summed E-state index contributed by atoms with van der Waals surface area (Å²) < 4.78 is 4.96. The number of carbonyl (C=O) groups excluding carboxylic acids is 2. The van der Waals surface area contributed by atoms with Crippen LogP contribution in [-0.2, 0) is 16.0 Å². The van der Waals surface area contributed by atoms with Crippen LogP contribution in [0.4, 0.5) is 11.4 Å². The number of benzene rings is 2. The van der Waals surface area contributed by atoms with Crippen molar-refractivity contribution in [3.05, 3.63) is 59.7 Å². The number of para-hydroxylation sites is 1. The molecule has 0 radical (unpaired) electrons. The summed E-state index contributed by atoms with van der Waals surface area (Å²) in [5.41, 5.74) is 8.10. The summed E-state index contributed by atoms with van der Waals surface area (Å²) in [6.45, 7) is 1.70. The maximum atomic E-state index is 11.8. The molecule has 2 aromatic carbocycles. The number of carbonyl (C=O) groups is 2. The Hall–Kier alpha value is -2.82. The Labute approximate surface area is 129 Å². The maximum absolute atomic E-state index is 11.8. The van der Waals surface area contributed by atoms with Gasteiger partial charge in [-0.05, 0) is 36.2 Å². The van der Waals surface area contributed by atoms with E-state index in [1.54, 1.807) is 24.3 Å². The quantitative estimate of drug-likeness (QED) is 0.656. The van der Waals surface area contributed by atoms with Crippen LogP contribution in [0.1, 0.15) is 22.8 Å². The SMILES string of the molecule is CCc1ccc(NC(=O)COC(=O)c2ccccc2N)cc1. The summed E-state index contributed by atoms with van der Waals surface area (Å²) in [7, 11) is 0. The van der Waals surface area contributed by atoms with Gasteiger partial charge in [-0.15, -0.1) is 0 Å². The number of aryl methyl sites for hydroxylation is 1. The van der Waals surface area contributed by atoms with E-state index >= 15 is 0 Å². The minimum atomic E-state index is -0.616. The highest BCUT2D eigenvalue weighted by Gasteiger charge is 2.12. The molecule has 0 saturated heterocycles. The van der Waals surface area contributed by atoms with Crippen LogP contribution in [0, 0.1) is 0 Å². The van der Waals surface area contributed by atoms with Gasteiger partial charge in [0.2, 0.25) is 0 Å². The van der Waals surface area contributed by atoms with Crippen molar-refractivity contribution < 1.29 is 14.3 Å². The van der Waals surface area contributed by atoms with E-state index in [9.17, 15) is 9.59 Å². The second-order valence-electron chi connectivity index (χ2n) is 4.76. The number of nitrogens with two attached hydrogens (primary N) is 1. The van der Waals surface area contributed by atoms with Crippen LogP contribution < -0.4 is 11.1 Å².